The van der Waals surface area contributed by atoms with Gasteiger partial charge in [0.25, 0.3) is 0 Å². The number of carbonyl (C=O) groups is 2. The van der Waals surface area contributed by atoms with E-state index in [1.54, 1.807) is 6.92 Å². The van der Waals surface area contributed by atoms with Crippen molar-refractivity contribution in [2.24, 2.45) is 0 Å². The molecule has 2 atom stereocenters. The fourth-order valence-electron chi connectivity index (χ4n) is 1.75. The van der Waals surface area contributed by atoms with Crippen LogP contribution in [0.5, 0.6) is 0 Å². The van der Waals surface area contributed by atoms with Crippen LogP contribution in [0.2, 0.25) is 0 Å². The van der Waals surface area contributed by atoms with Crippen molar-refractivity contribution in [3.05, 3.63) is 0 Å². The maximum Gasteiger partial charge on any atom is 0.336 e. The maximum atomic E-state index is 11.7. The summed E-state index contributed by atoms with van der Waals surface area (Å²) in [6.07, 6.45) is 4.44. The van der Waals surface area contributed by atoms with Crippen LogP contribution in [0.25, 0.3) is 0 Å². The molecule has 1 heterocycles. The van der Waals surface area contributed by atoms with Crippen LogP contribution in [0, 0.1) is 12.3 Å². The number of terminal acetylenes is 1. The van der Waals surface area contributed by atoms with Gasteiger partial charge in [-0.15, -0.1) is 6.42 Å². The van der Waals surface area contributed by atoms with E-state index < -0.39 is 12.1 Å². The minimum atomic E-state index is -0.633. The van der Waals surface area contributed by atoms with Gasteiger partial charge in [-0.1, -0.05) is 5.92 Å². The van der Waals surface area contributed by atoms with Crippen molar-refractivity contribution in [3.63, 3.8) is 0 Å². The van der Waals surface area contributed by atoms with Gasteiger partial charge in [0, 0.05) is 13.1 Å². The van der Waals surface area contributed by atoms with E-state index in [0.717, 1.165) is 0 Å². The largest absolute Gasteiger partial charge is 0.467 e. The van der Waals surface area contributed by atoms with Crippen molar-refractivity contribution in [2.75, 3.05) is 33.4 Å². The van der Waals surface area contributed by atoms with E-state index in [1.165, 1.54) is 7.11 Å². The van der Waals surface area contributed by atoms with Gasteiger partial charge in [-0.3, -0.25) is 9.69 Å². The highest BCUT2D eigenvalue weighted by molar-refractivity contribution is 5.81. The van der Waals surface area contributed by atoms with Gasteiger partial charge in [0.2, 0.25) is 5.91 Å². The standard InChI is InChI=1S/C12H18N2O4/c1-4-5-13-11(15)9(2)14-6-7-18-10(8-14)12(16)17-3/h1,9-10H,5-8H2,2-3H3,(H,13,15). The lowest BCUT2D eigenvalue weighted by molar-refractivity contribution is -0.161. The smallest absolute Gasteiger partial charge is 0.336 e. The second kappa shape index (κ2) is 6.99. The average Bonchev–Trinajstić information content (AvgIpc) is 2.43. The highest BCUT2D eigenvalue weighted by Gasteiger charge is 2.31. The molecule has 0 aromatic heterocycles. The van der Waals surface area contributed by atoms with Crippen molar-refractivity contribution in [1.82, 2.24) is 10.2 Å². The molecule has 1 N–H and O–H groups in total. The molecule has 18 heavy (non-hydrogen) atoms. The molecule has 6 heteroatoms. The van der Waals surface area contributed by atoms with Crippen LogP contribution in [0.15, 0.2) is 0 Å². The average molecular weight is 254 g/mol. The van der Waals surface area contributed by atoms with Gasteiger partial charge in [0.15, 0.2) is 6.10 Å². The van der Waals surface area contributed by atoms with Crippen molar-refractivity contribution in [2.45, 2.75) is 19.1 Å². The van der Waals surface area contributed by atoms with Crippen LogP contribution in [0.4, 0.5) is 0 Å². The van der Waals surface area contributed by atoms with Crippen LogP contribution in [0.3, 0.4) is 0 Å². The Morgan fingerprint density at radius 2 is 2.39 bits per heavy atom. The molecule has 0 aliphatic carbocycles. The van der Waals surface area contributed by atoms with E-state index in [9.17, 15) is 9.59 Å². The molecule has 0 saturated carbocycles. The summed E-state index contributed by atoms with van der Waals surface area (Å²) in [6.45, 7) is 3.31. The zero-order valence-corrected chi connectivity index (χ0v) is 10.6. The minimum absolute atomic E-state index is 0.154. The summed E-state index contributed by atoms with van der Waals surface area (Å²) < 4.78 is 9.92. The van der Waals surface area contributed by atoms with Crippen LogP contribution in [-0.2, 0) is 19.1 Å². The molecule has 1 amide bonds. The maximum absolute atomic E-state index is 11.7. The molecule has 0 bridgehead atoms. The molecule has 1 rings (SSSR count). The van der Waals surface area contributed by atoms with Gasteiger partial charge in [-0.2, -0.15) is 0 Å². The summed E-state index contributed by atoms with van der Waals surface area (Å²) in [5.41, 5.74) is 0. The highest BCUT2D eigenvalue weighted by atomic mass is 16.6. The van der Waals surface area contributed by atoms with Gasteiger partial charge in [-0.05, 0) is 6.92 Å². The van der Waals surface area contributed by atoms with Crippen LogP contribution in [0.1, 0.15) is 6.92 Å². The number of nitrogens with one attached hydrogen (secondary N) is 1. The lowest BCUT2D eigenvalue weighted by Gasteiger charge is -2.34. The summed E-state index contributed by atoms with van der Waals surface area (Å²) in [6, 6.07) is -0.352. The molecule has 6 nitrogen and oxygen atoms in total. The Bertz CT molecular complexity index is 350. The molecule has 1 aliphatic heterocycles. The van der Waals surface area contributed by atoms with Crippen molar-refractivity contribution >= 4 is 11.9 Å². The van der Waals surface area contributed by atoms with Gasteiger partial charge in [-0.25, -0.2) is 4.79 Å². The fourth-order valence-corrected chi connectivity index (χ4v) is 1.75. The number of hydrogen-bond donors (Lipinski definition) is 1. The monoisotopic (exact) mass is 254 g/mol. The van der Waals surface area contributed by atoms with Crippen LogP contribution in [-0.4, -0.2) is 62.3 Å². The third kappa shape index (κ3) is 3.72. The number of amides is 1. The number of morpholine rings is 1. The van der Waals surface area contributed by atoms with E-state index in [4.69, 9.17) is 11.2 Å². The molecule has 100 valence electrons. The first kappa shape index (κ1) is 14.5. The Morgan fingerprint density at radius 1 is 1.67 bits per heavy atom. The van der Waals surface area contributed by atoms with Gasteiger partial charge in [0.05, 0.1) is 26.3 Å². The van der Waals surface area contributed by atoms with E-state index in [1.807, 2.05) is 4.90 Å². The molecular formula is C12H18N2O4. The molecule has 1 saturated heterocycles. The summed E-state index contributed by atoms with van der Waals surface area (Å²) in [4.78, 5) is 25.0. The van der Waals surface area contributed by atoms with Crippen LogP contribution >= 0.6 is 0 Å². The highest BCUT2D eigenvalue weighted by Crippen LogP contribution is 2.10. The predicted molar refractivity (Wildman–Crippen MR) is 64.6 cm³/mol. The number of methoxy groups -OCH3 is 1. The van der Waals surface area contributed by atoms with Gasteiger partial charge >= 0.3 is 5.97 Å². The molecule has 2 unspecified atom stereocenters. The summed E-state index contributed by atoms with van der Waals surface area (Å²) in [7, 11) is 1.31. The first-order chi connectivity index (χ1) is 8.60. The third-order valence-corrected chi connectivity index (χ3v) is 2.85. The Balaban J connectivity index is 2.53. The number of hydrogen-bond acceptors (Lipinski definition) is 5. The second-order valence-electron chi connectivity index (χ2n) is 3.98. The van der Waals surface area contributed by atoms with Gasteiger partial charge < -0.3 is 14.8 Å². The Labute approximate surface area is 107 Å². The molecule has 1 aliphatic rings. The predicted octanol–water partition coefficient (Wildman–Crippen LogP) is -1.00. The number of esters is 1. The van der Waals surface area contributed by atoms with Gasteiger partial charge in [0.1, 0.15) is 0 Å². The summed E-state index contributed by atoms with van der Waals surface area (Å²) in [5, 5.41) is 2.61. The van der Waals surface area contributed by atoms with Crippen molar-refractivity contribution in [3.8, 4) is 12.3 Å². The number of carbonyl (C=O) groups excluding carboxylic acids is 2. The first-order valence-electron chi connectivity index (χ1n) is 5.74. The SMILES string of the molecule is C#CCNC(=O)C(C)N1CCOC(C(=O)OC)C1. The van der Waals surface area contributed by atoms with Crippen molar-refractivity contribution in [1.29, 1.82) is 0 Å². The Hall–Kier alpha value is -1.58. The van der Waals surface area contributed by atoms with E-state index in [0.29, 0.717) is 19.7 Å². The molecule has 0 radical (unpaired) electrons. The molecule has 1 fully saturated rings. The number of rotatable bonds is 4. The van der Waals surface area contributed by atoms with E-state index in [2.05, 4.69) is 16.0 Å². The Morgan fingerprint density at radius 3 is 3.00 bits per heavy atom. The third-order valence-electron chi connectivity index (χ3n) is 2.85. The normalized spacial score (nSPS) is 21.7. The number of ether oxygens (including phenoxy) is 2. The summed E-state index contributed by atoms with van der Waals surface area (Å²) >= 11 is 0. The minimum Gasteiger partial charge on any atom is -0.467 e. The summed E-state index contributed by atoms with van der Waals surface area (Å²) in [5.74, 6) is 1.77. The Kier molecular flexibility index (Phi) is 5.62. The molecule has 0 aromatic carbocycles. The quantitative estimate of drug-likeness (QED) is 0.515. The lowest BCUT2D eigenvalue weighted by Crippen LogP contribution is -2.54. The second-order valence-corrected chi connectivity index (χ2v) is 3.98. The zero-order valence-electron chi connectivity index (χ0n) is 10.6. The van der Waals surface area contributed by atoms with Crippen LogP contribution < -0.4 is 5.32 Å². The number of nitrogens with zero attached hydrogens (tertiary/aromatic N) is 1. The van der Waals surface area contributed by atoms with E-state index >= 15 is 0 Å². The zero-order chi connectivity index (χ0) is 13.5. The van der Waals surface area contributed by atoms with E-state index in [-0.39, 0.29) is 18.5 Å². The fraction of sp³-hybridized carbons (Fsp3) is 0.667. The van der Waals surface area contributed by atoms with Crippen molar-refractivity contribution < 1.29 is 19.1 Å². The topological polar surface area (TPSA) is 67.9 Å². The molecule has 0 aromatic rings. The lowest BCUT2D eigenvalue weighted by atomic mass is 10.2. The first-order valence-corrected chi connectivity index (χ1v) is 5.74. The molecular weight excluding hydrogens is 236 g/mol. The molecule has 0 spiro atoms.